The topological polar surface area (TPSA) is 139 Å². The first-order valence-electron chi connectivity index (χ1n) is 9.94. The summed E-state index contributed by atoms with van der Waals surface area (Å²) in [7, 11) is 0. The molecule has 1 aliphatic carbocycles. The van der Waals surface area contributed by atoms with Crippen molar-refractivity contribution in [2.24, 2.45) is 5.73 Å². The van der Waals surface area contributed by atoms with Crippen LogP contribution in [0.15, 0.2) is 42.5 Å². The summed E-state index contributed by atoms with van der Waals surface area (Å²) in [6.07, 6.45) is 2.21. The number of urea groups is 1. The number of hydrogen-bond acceptors (Lipinski definition) is 7. The summed E-state index contributed by atoms with van der Waals surface area (Å²) in [4.78, 5) is 32.0. The Balaban J connectivity index is 1.34. The third-order valence-corrected chi connectivity index (χ3v) is 5.92. The molecule has 1 saturated carbocycles. The number of hydrogen-bond donors (Lipinski definition) is 3. The first-order chi connectivity index (χ1) is 15.5. The number of amides is 3. The molecule has 10 nitrogen and oxygen atoms in total. The monoisotopic (exact) mass is 449 g/mol. The molecule has 3 amide bonds. The summed E-state index contributed by atoms with van der Waals surface area (Å²) in [5.74, 6) is 1.79. The van der Waals surface area contributed by atoms with Gasteiger partial charge in [-0.05, 0) is 49.2 Å². The number of benzene rings is 2. The molecule has 1 fully saturated rings. The molecule has 0 radical (unpaired) electrons. The highest BCUT2D eigenvalue weighted by Crippen LogP contribution is 2.43. The minimum Gasteiger partial charge on any atom is -0.457 e. The van der Waals surface area contributed by atoms with E-state index < -0.39 is 6.03 Å². The maximum absolute atomic E-state index is 12.1. The van der Waals surface area contributed by atoms with Crippen molar-refractivity contribution in [2.75, 3.05) is 10.2 Å². The van der Waals surface area contributed by atoms with Crippen molar-refractivity contribution in [1.82, 2.24) is 20.2 Å². The summed E-state index contributed by atoms with van der Waals surface area (Å²) in [6, 6.07) is 11.7. The van der Waals surface area contributed by atoms with Gasteiger partial charge in [0.1, 0.15) is 16.5 Å². The molecule has 1 aliphatic rings. The van der Waals surface area contributed by atoms with Crippen LogP contribution >= 0.6 is 11.3 Å². The fraction of sp³-hybridized carbons (Fsp3) is 0.190. The number of primary amides is 1. The Labute approximate surface area is 186 Å². The van der Waals surface area contributed by atoms with E-state index in [0.29, 0.717) is 39.7 Å². The molecule has 0 spiro atoms. The zero-order valence-corrected chi connectivity index (χ0v) is 17.8. The number of nitrogens with zero attached hydrogens (tertiary/aromatic N) is 4. The number of rotatable bonds is 6. The Kier molecular flexibility index (Phi) is 4.94. The second kappa shape index (κ2) is 7.93. The van der Waals surface area contributed by atoms with Gasteiger partial charge in [-0.15, -0.1) is 10.2 Å². The SMILES string of the molecule is CC(=O)Nc1nc2ccc(Oc3ccc(N(C(N)=O)c4nnc(C5CC5)s4)cc3)cc2[nH]1. The van der Waals surface area contributed by atoms with Crippen molar-refractivity contribution >= 4 is 51.1 Å². The quantitative estimate of drug-likeness (QED) is 0.402. The van der Waals surface area contributed by atoms with Gasteiger partial charge in [0.2, 0.25) is 17.0 Å². The molecule has 0 atom stereocenters. The first-order valence-corrected chi connectivity index (χ1v) is 10.8. The molecule has 0 aliphatic heterocycles. The van der Waals surface area contributed by atoms with Gasteiger partial charge in [0.25, 0.3) is 0 Å². The predicted molar refractivity (Wildman–Crippen MR) is 121 cm³/mol. The average molecular weight is 449 g/mol. The van der Waals surface area contributed by atoms with Gasteiger partial charge in [-0.25, -0.2) is 14.7 Å². The summed E-state index contributed by atoms with van der Waals surface area (Å²) in [6.45, 7) is 1.42. The molecule has 162 valence electrons. The molecule has 2 aromatic heterocycles. The zero-order valence-electron chi connectivity index (χ0n) is 17.0. The van der Waals surface area contributed by atoms with Gasteiger partial charge in [0.05, 0.1) is 16.7 Å². The Bertz CT molecular complexity index is 1310. The van der Waals surface area contributed by atoms with Crippen LogP contribution in [-0.2, 0) is 4.79 Å². The normalized spacial score (nSPS) is 13.2. The number of carbonyl (C=O) groups is 2. The molecule has 2 aromatic carbocycles. The molecule has 5 rings (SSSR count). The number of imidazole rings is 1. The number of nitrogens with one attached hydrogen (secondary N) is 2. The van der Waals surface area contributed by atoms with Gasteiger partial charge in [0, 0.05) is 18.9 Å². The van der Waals surface area contributed by atoms with Crippen molar-refractivity contribution in [2.45, 2.75) is 25.7 Å². The van der Waals surface area contributed by atoms with Crippen molar-refractivity contribution in [3.8, 4) is 11.5 Å². The van der Waals surface area contributed by atoms with E-state index in [-0.39, 0.29) is 5.91 Å². The van der Waals surface area contributed by atoms with Gasteiger partial charge in [0.15, 0.2) is 0 Å². The highest BCUT2D eigenvalue weighted by molar-refractivity contribution is 7.15. The highest BCUT2D eigenvalue weighted by atomic mass is 32.1. The van der Waals surface area contributed by atoms with Crippen LogP contribution in [0.1, 0.15) is 30.7 Å². The fourth-order valence-corrected chi connectivity index (χ4v) is 4.26. The second-order valence-corrected chi connectivity index (χ2v) is 8.40. The van der Waals surface area contributed by atoms with Crippen LogP contribution in [0.4, 0.5) is 21.6 Å². The molecular formula is C21H19N7O3S. The van der Waals surface area contributed by atoms with E-state index in [1.807, 2.05) is 0 Å². The number of fused-ring (bicyclic) bond motifs is 1. The third-order valence-electron chi connectivity index (χ3n) is 4.85. The maximum Gasteiger partial charge on any atom is 0.325 e. The minimum atomic E-state index is -0.628. The van der Waals surface area contributed by atoms with Crippen molar-refractivity contribution in [1.29, 1.82) is 0 Å². The van der Waals surface area contributed by atoms with E-state index in [4.69, 9.17) is 10.5 Å². The number of aromatic amines is 1. The largest absolute Gasteiger partial charge is 0.457 e. The van der Waals surface area contributed by atoms with Crippen LogP contribution < -0.4 is 20.7 Å². The van der Waals surface area contributed by atoms with Crippen LogP contribution in [0, 0.1) is 0 Å². The first kappa shape index (κ1) is 19.9. The fourth-order valence-electron chi connectivity index (χ4n) is 3.22. The van der Waals surface area contributed by atoms with E-state index in [2.05, 4.69) is 25.5 Å². The van der Waals surface area contributed by atoms with Crippen molar-refractivity contribution in [3.05, 3.63) is 47.5 Å². The van der Waals surface area contributed by atoms with Crippen LogP contribution in [0.3, 0.4) is 0 Å². The molecule has 11 heteroatoms. The Hall–Kier alpha value is -3.99. The Morgan fingerprint density at radius 1 is 1.16 bits per heavy atom. The Morgan fingerprint density at radius 3 is 2.59 bits per heavy atom. The molecule has 0 saturated heterocycles. The van der Waals surface area contributed by atoms with Crippen molar-refractivity contribution < 1.29 is 14.3 Å². The number of aromatic nitrogens is 4. The van der Waals surface area contributed by atoms with Crippen LogP contribution in [-0.4, -0.2) is 32.1 Å². The lowest BCUT2D eigenvalue weighted by molar-refractivity contribution is -0.114. The number of anilines is 3. The van der Waals surface area contributed by atoms with Gasteiger partial charge < -0.3 is 15.5 Å². The molecular weight excluding hydrogens is 430 g/mol. The van der Waals surface area contributed by atoms with Gasteiger partial charge >= 0.3 is 6.03 Å². The number of H-pyrrole nitrogens is 1. The summed E-state index contributed by atoms with van der Waals surface area (Å²) in [5.41, 5.74) is 7.62. The van der Waals surface area contributed by atoms with Gasteiger partial charge in [-0.2, -0.15) is 0 Å². The zero-order chi connectivity index (χ0) is 22.2. The molecule has 32 heavy (non-hydrogen) atoms. The van der Waals surface area contributed by atoms with Crippen LogP contribution in [0.5, 0.6) is 11.5 Å². The van der Waals surface area contributed by atoms with Crippen molar-refractivity contribution in [3.63, 3.8) is 0 Å². The summed E-state index contributed by atoms with van der Waals surface area (Å²) < 4.78 is 5.93. The number of nitrogens with two attached hydrogens (primary N) is 1. The van der Waals surface area contributed by atoms with Gasteiger partial charge in [-0.3, -0.25) is 10.1 Å². The lowest BCUT2D eigenvalue weighted by Gasteiger charge is -2.17. The predicted octanol–water partition coefficient (Wildman–Crippen LogP) is 4.26. The molecule has 0 bridgehead atoms. The Morgan fingerprint density at radius 2 is 1.91 bits per heavy atom. The van der Waals surface area contributed by atoms with E-state index in [9.17, 15) is 9.59 Å². The molecule has 2 heterocycles. The van der Waals surface area contributed by atoms with Gasteiger partial charge in [-0.1, -0.05) is 11.3 Å². The van der Waals surface area contributed by atoms with E-state index in [0.717, 1.165) is 23.4 Å². The van der Waals surface area contributed by atoms with E-state index >= 15 is 0 Å². The average Bonchev–Trinajstić information content (AvgIpc) is 3.35. The molecule has 4 N–H and O–H groups in total. The third kappa shape index (κ3) is 4.10. The second-order valence-electron chi connectivity index (χ2n) is 7.41. The highest BCUT2D eigenvalue weighted by Gasteiger charge is 2.29. The molecule has 0 unspecified atom stereocenters. The van der Waals surface area contributed by atoms with E-state index in [1.54, 1.807) is 42.5 Å². The summed E-state index contributed by atoms with van der Waals surface area (Å²) in [5, 5.41) is 12.3. The smallest absolute Gasteiger partial charge is 0.325 e. The minimum absolute atomic E-state index is 0.206. The standard InChI is InChI=1S/C21H19N7O3S/c1-11(29)23-20-24-16-9-8-15(10-17(16)25-20)31-14-6-4-13(5-7-14)28(19(22)30)21-27-26-18(32-21)12-2-3-12/h4-10,12H,2-3H2,1H3,(H2,22,30)(H2,23,24,25,29). The van der Waals surface area contributed by atoms with Crippen LogP contribution in [0.25, 0.3) is 11.0 Å². The maximum atomic E-state index is 12.1. The number of carbonyl (C=O) groups excluding carboxylic acids is 2. The molecule has 4 aromatic rings. The lowest BCUT2D eigenvalue weighted by atomic mass is 10.2. The van der Waals surface area contributed by atoms with E-state index in [1.165, 1.54) is 23.2 Å². The number of ether oxygens (including phenoxy) is 1. The lowest BCUT2D eigenvalue weighted by Crippen LogP contribution is -2.31. The van der Waals surface area contributed by atoms with Crippen LogP contribution in [0.2, 0.25) is 0 Å². The summed E-state index contributed by atoms with van der Waals surface area (Å²) >= 11 is 1.38.